The van der Waals surface area contributed by atoms with Crippen LogP contribution in [0, 0.1) is 0 Å². The number of likely N-dealkylation sites (tertiary alicyclic amines) is 1. The summed E-state index contributed by atoms with van der Waals surface area (Å²) in [4.78, 5) is 2.46. The van der Waals surface area contributed by atoms with Crippen LogP contribution in [-0.2, 0) is 5.41 Å². The maximum absolute atomic E-state index is 10.7. The fraction of sp³-hybridized carbons (Fsp3) is 0.600. The van der Waals surface area contributed by atoms with Gasteiger partial charge in [-0.25, -0.2) is 0 Å². The third-order valence-electron chi connectivity index (χ3n) is 4.55. The lowest BCUT2D eigenvalue weighted by Gasteiger charge is -2.31. The Hall–Kier alpha value is -0.860. The van der Waals surface area contributed by atoms with Gasteiger partial charge in [-0.3, -0.25) is 4.90 Å². The van der Waals surface area contributed by atoms with E-state index in [1.807, 2.05) is 0 Å². The number of aliphatic hydroxyl groups excluding tert-OH is 1. The number of benzene rings is 1. The summed E-state index contributed by atoms with van der Waals surface area (Å²) in [5, 5.41) is 10.7. The van der Waals surface area contributed by atoms with E-state index in [0.717, 1.165) is 13.1 Å². The Morgan fingerprint density at radius 1 is 1.18 bits per heavy atom. The van der Waals surface area contributed by atoms with Crippen molar-refractivity contribution in [2.45, 2.75) is 44.2 Å². The minimum Gasteiger partial charge on any atom is -0.390 e. The van der Waals surface area contributed by atoms with Crippen molar-refractivity contribution >= 4 is 0 Å². The van der Waals surface area contributed by atoms with E-state index in [2.05, 4.69) is 43.0 Å². The molecule has 2 unspecified atom stereocenters. The largest absolute Gasteiger partial charge is 0.390 e. The van der Waals surface area contributed by atoms with Gasteiger partial charge in [0, 0.05) is 5.41 Å². The lowest BCUT2D eigenvalue weighted by atomic mass is 9.84. The van der Waals surface area contributed by atoms with Gasteiger partial charge >= 0.3 is 0 Å². The van der Waals surface area contributed by atoms with Gasteiger partial charge in [0.05, 0.1) is 12.1 Å². The van der Waals surface area contributed by atoms with Crippen molar-refractivity contribution < 1.29 is 5.11 Å². The Bertz CT molecular complexity index is 421. The van der Waals surface area contributed by atoms with E-state index in [1.165, 1.54) is 24.0 Å². The lowest BCUT2D eigenvalue weighted by molar-refractivity contribution is 0.0305. The number of hydrogen-bond acceptors (Lipinski definition) is 2. The topological polar surface area (TPSA) is 23.5 Å². The molecule has 1 aromatic rings. The van der Waals surface area contributed by atoms with Crippen LogP contribution in [0.4, 0.5) is 0 Å². The maximum Gasteiger partial charge on any atom is 0.0828 e. The molecule has 0 amide bonds. The molecule has 1 aromatic carbocycles. The Kier molecular flexibility index (Phi) is 2.53. The van der Waals surface area contributed by atoms with Gasteiger partial charge in [0.1, 0.15) is 0 Å². The van der Waals surface area contributed by atoms with E-state index in [0.29, 0.717) is 0 Å². The minimum absolute atomic E-state index is 0.121. The molecule has 0 radical (unpaired) electrons. The van der Waals surface area contributed by atoms with Gasteiger partial charge in [0.15, 0.2) is 0 Å². The molecule has 2 atom stereocenters. The normalized spacial score (nSPS) is 31.7. The summed E-state index contributed by atoms with van der Waals surface area (Å²) in [7, 11) is 0. The molecule has 2 heteroatoms. The molecule has 1 aliphatic heterocycles. The zero-order valence-corrected chi connectivity index (χ0v) is 10.7. The van der Waals surface area contributed by atoms with Crippen LogP contribution in [-0.4, -0.2) is 29.2 Å². The Labute approximate surface area is 103 Å². The van der Waals surface area contributed by atoms with Gasteiger partial charge in [0.2, 0.25) is 0 Å². The summed E-state index contributed by atoms with van der Waals surface area (Å²) in [6.45, 7) is 6.58. The fourth-order valence-corrected chi connectivity index (χ4v) is 3.48. The van der Waals surface area contributed by atoms with Crippen LogP contribution in [0.25, 0.3) is 0 Å². The first-order valence-electron chi connectivity index (χ1n) is 6.64. The predicted octanol–water partition coefficient (Wildman–Crippen LogP) is 2.48. The van der Waals surface area contributed by atoms with E-state index >= 15 is 0 Å². The summed E-state index contributed by atoms with van der Waals surface area (Å²) in [5.74, 6) is 0. The van der Waals surface area contributed by atoms with Gasteiger partial charge < -0.3 is 5.11 Å². The third-order valence-corrected chi connectivity index (χ3v) is 4.55. The molecule has 2 aliphatic rings. The average molecular weight is 231 g/mol. The highest BCUT2D eigenvalue weighted by Gasteiger charge is 2.47. The molecule has 0 saturated carbocycles. The number of rotatable bonds is 1. The number of nitrogens with zero attached hydrogens (tertiary/aromatic N) is 1. The Morgan fingerprint density at radius 2 is 1.82 bits per heavy atom. The van der Waals surface area contributed by atoms with Crippen LogP contribution in [0.1, 0.15) is 43.9 Å². The summed E-state index contributed by atoms with van der Waals surface area (Å²) < 4.78 is 0. The van der Waals surface area contributed by atoms with Crippen LogP contribution in [0.2, 0.25) is 0 Å². The second kappa shape index (κ2) is 3.82. The van der Waals surface area contributed by atoms with Crippen molar-refractivity contribution in [3.63, 3.8) is 0 Å². The smallest absolute Gasteiger partial charge is 0.0828 e. The second-order valence-corrected chi connectivity index (χ2v) is 5.94. The number of aliphatic hydroxyl groups is 1. The van der Waals surface area contributed by atoms with Crippen molar-refractivity contribution in [3.05, 3.63) is 35.4 Å². The number of fused-ring (bicyclic) bond motifs is 1. The molecule has 0 aromatic heterocycles. The van der Waals surface area contributed by atoms with Gasteiger partial charge in [-0.15, -0.1) is 0 Å². The molecule has 2 nitrogen and oxygen atoms in total. The van der Waals surface area contributed by atoms with Gasteiger partial charge in [-0.05, 0) is 37.1 Å². The van der Waals surface area contributed by atoms with Crippen LogP contribution < -0.4 is 0 Å². The number of hydrogen-bond donors (Lipinski definition) is 1. The molecule has 17 heavy (non-hydrogen) atoms. The first kappa shape index (κ1) is 11.2. The molecule has 1 aliphatic carbocycles. The molecule has 1 fully saturated rings. The predicted molar refractivity (Wildman–Crippen MR) is 69.0 cm³/mol. The van der Waals surface area contributed by atoms with Gasteiger partial charge in [-0.1, -0.05) is 38.1 Å². The highest BCUT2D eigenvalue weighted by molar-refractivity contribution is 5.43. The van der Waals surface area contributed by atoms with Crippen molar-refractivity contribution in [2.24, 2.45) is 0 Å². The second-order valence-electron chi connectivity index (χ2n) is 5.94. The van der Waals surface area contributed by atoms with Gasteiger partial charge in [-0.2, -0.15) is 0 Å². The molecule has 3 rings (SSSR count). The van der Waals surface area contributed by atoms with E-state index < -0.39 is 0 Å². The quantitative estimate of drug-likeness (QED) is 0.802. The molecule has 92 valence electrons. The molecule has 1 heterocycles. The standard InChI is InChI=1S/C15H21NO/c1-15(2)12-8-4-3-7-11(12)13(14(15)17)16-9-5-6-10-16/h3-4,7-8,13-14,17H,5-6,9-10H2,1-2H3. The zero-order valence-electron chi connectivity index (χ0n) is 10.7. The van der Waals surface area contributed by atoms with E-state index in [-0.39, 0.29) is 17.6 Å². The monoisotopic (exact) mass is 231 g/mol. The maximum atomic E-state index is 10.7. The summed E-state index contributed by atoms with van der Waals surface area (Å²) >= 11 is 0. The van der Waals surface area contributed by atoms with E-state index in [1.54, 1.807) is 0 Å². The van der Waals surface area contributed by atoms with Crippen molar-refractivity contribution in [1.29, 1.82) is 0 Å². The summed E-state index contributed by atoms with van der Waals surface area (Å²) in [5.41, 5.74) is 2.54. The Morgan fingerprint density at radius 3 is 2.53 bits per heavy atom. The average Bonchev–Trinajstić information content (AvgIpc) is 2.88. The molecular formula is C15H21NO. The van der Waals surface area contributed by atoms with E-state index in [9.17, 15) is 5.11 Å². The third kappa shape index (κ3) is 1.54. The fourth-order valence-electron chi connectivity index (χ4n) is 3.48. The highest BCUT2D eigenvalue weighted by Crippen LogP contribution is 2.47. The first-order valence-corrected chi connectivity index (χ1v) is 6.64. The SMILES string of the molecule is CC1(C)c2ccccc2C(N2CCCC2)C1O. The molecule has 0 bridgehead atoms. The molecule has 0 spiro atoms. The van der Waals surface area contributed by atoms with Crippen LogP contribution in [0.3, 0.4) is 0 Å². The Balaban J connectivity index is 2.05. The zero-order chi connectivity index (χ0) is 12.0. The lowest BCUT2D eigenvalue weighted by Crippen LogP contribution is -2.38. The molecular weight excluding hydrogens is 210 g/mol. The highest BCUT2D eigenvalue weighted by atomic mass is 16.3. The minimum atomic E-state index is -0.280. The first-order chi connectivity index (χ1) is 8.12. The molecule has 1 saturated heterocycles. The van der Waals surface area contributed by atoms with Crippen molar-refractivity contribution in [3.8, 4) is 0 Å². The summed E-state index contributed by atoms with van der Waals surface area (Å²) in [6, 6.07) is 8.75. The van der Waals surface area contributed by atoms with Crippen molar-refractivity contribution in [2.75, 3.05) is 13.1 Å². The molecule has 1 N–H and O–H groups in total. The van der Waals surface area contributed by atoms with Crippen molar-refractivity contribution in [1.82, 2.24) is 4.90 Å². The van der Waals surface area contributed by atoms with Crippen LogP contribution >= 0.6 is 0 Å². The van der Waals surface area contributed by atoms with Crippen LogP contribution in [0.15, 0.2) is 24.3 Å². The van der Waals surface area contributed by atoms with Gasteiger partial charge in [0.25, 0.3) is 0 Å². The summed E-state index contributed by atoms with van der Waals surface area (Å²) in [6.07, 6.45) is 2.26. The van der Waals surface area contributed by atoms with E-state index in [4.69, 9.17) is 0 Å². The van der Waals surface area contributed by atoms with Crippen LogP contribution in [0.5, 0.6) is 0 Å².